The molecule has 0 spiro atoms. The molecule has 0 aliphatic rings. The number of benzene rings is 2. The van der Waals surface area contributed by atoms with E-state index >= 15 is 0 Å². The fourth-order valence-electron chi connectivity index (χ4n) is 3.40. The van der Waals surface area contributed by atoms with Gasteiger partial charge in [-0.15, -0.1) is 0 Å². The lowest BCUT2D eigenvalue weighted by atomic mass is 9.87. The summed E-state index contributed by atoms with van der Waals surface area (Å²) in [5.74, 6) is 0.00365. The van der Waals surface area contributed by atoms with Crippen LogP contribution in [0.1, 0.15) is 29.0 Å². The Balaban J connectivity index is 1.98. The van der Waals surface area contributed by atoms with Crippen molar-refractivity contribution in [1.82, 2.24) is 10.3 Å². The van der Waals surface area contributed by atoms with Gasteiger partial charge < -0.3 is 19.8 Å². The van der Waals surface area contributed by atoms with E-state index in [4.69, 9.17) is 9.47 Å². The summed E-state index contributed by atoms with van der Waals surface area (Å²) in [6, 6.07) is 10.5. The Bertz CT molecular complexity index is 997. The highest BCUT2D eigenvalue weighted by atomic mass is 19.4. The maximum Gasteiger partial charge on any atom is 0.416 e. The number of rotatable bonds is 8. The van der Waals surface area contributed by atoms with E-state index in [-0.39, 0.29) is 12.3 Å². The minimum absolute atomic E-state index is 0.0826. The summed E-state index contributed by atoms with van der Waals surface area (Å²) < 4.78 is 49.2. The van der Waals surface area contributed by atoms with Gasteiger partial charge in [-0.25, -0.2) is 0 Å². The van der Waals surface area contributed by atoms with Crippen molar-refractivity contribution in [2.24, 2.45) is 0 Å². The number of amides is 1. The first-order valence-corrected chi connectivity index (χ1v) is 9.41. The first kappa shape index (κ1) is 21.7. The smallest absolute Gasteiger partial charge is 0.416 e. The largest absolute Gasteiger partial charge is 0.497 e. The number of H-pyrrole nitrogens is 1. The number of ether oxygens (including phenoxy) is 2. The number of alkyl halides is 3. The number of hydrogen-bond acceptors (Lipinski definition) is 3. The SMILES string of the molecule is COCCNC(=O)C[C@@H](c1ccc(C(F)(F)F)cc1)c1c[nH]c2ccc(OC)cc12. The zero-order valence-corrected chi connectivity index (χ0v) is 16.7. The first-order chi connectivity index (χ1) is 14.3. The van der Waals surface area contributed by atoms with E-state index in [0.29, 0.717) is 24.5 Å². The fraction of sp³-hybridized carbons (Fsp3) is 0.318. The van der Waals surface area contributed by atoms with Crippen molar-refractivity contribution < 1.29 is 27.4 Å². The second-order valence-corrected chi connectivity index (χ2v) is 6.87. The van der Waals surface area contributed by atoms with Crippen LogP contribution >= 0.6 is 0 Å². The summed E-state index contributed by atoms with van der Waals surface area (Å²) in [7, 11) is 3.10. The normalized spacial score (nSPS) is 12.7. The van der Waals surface area contributed by atoms with E-state index in [9.17, 15) is 18.0 Å². The molecule has 3 rings (SSSR count). The number of carbonyl (C=O) groups is 1. The fourth-order valence-corrected chi connectivity index (χ4v) is 3.40. The zero-order valence-electron chi connectivity index (χ0n) is 16.7. The van der Waals surface area contributed by atoms with E-state index in [2.05, 4.69) is 10.3 Å². The summed E-state index contributed by atoms with van der Waals surface area (Å²) in [6.45, 7) is 0.734. The zero-order chi connectivity index (χ0) is 21.7. The second kappa shape index (κ2) is 9.21. The lowest BCUT2D eigenvalue weighted by Crippen LogP contribution is -2.28. The topological polar surface area (TPSA) is 63.3 Å². The molecule has 1 aromatic heterocycles. The summed E-state index contributed by atoms with van der Waals surface area (Å²) in [6.07, 6.45) is -2.55. The molecule has 1 heterocycles. The Morgan fingerprint density at radius 1 is 1.13 bits per heavy atom. The van der Waals surface area contributed by atoms with Gasteiger partial charge in [0.1, 0.15) is 5.75 Å². The lowest BCUT2D eigenvalue weighted by Gasteiger charge is -2.18. The summed E-state index contributed by atoms with van der Waals surface area (Å²) in [4.78, 5) is 15.7. The molecule has 0 unspecified atom stereocenters. The van der Waals surface area contributed by atoms with E-state index in [1.807, 2.05) is 18.2 Å². The number of fused-ring (bicyclic) bond motifs is 1. The highest BCUT2D eigenvalue weighted by molar-refractivity contribution is 5.87. The van der Waals surface area contributed by atoms with Gasteiger partial charge >= 0.3 is 6.18 Å². The molecule has 0 radical (unpaired) electrons. The molecule has 2 N–H and O–H groups in total. The monoisotopic (exact) mass is 420 g/mol. The molecule has 0 aliphatic heterocycles. The van der Waals surface area contributed by atoms with Crippen LogP contribution in [0.4, 0.5) is 13.2 Å². The molecule has 5 nitrogen and oxygen atoms in total. The van der Waals surface area contributed by atoms with Gasteiger partial charge in [0.05, 0.1) is 19.3 Å². The molecule has 1 amide bonds. The standard InChI is InChI=1S/C22H23F3N2O3/c1-29-10-9-26-21(28)12-17(14-3-5-15(6-4-14)22(23,24)25)19-13-27-20-8-7-16(30-2)11-18(19)20/h3-8,11,13,17,27H,9-10,12H2,1-2H3,(H,26,28)/t17-/m0/s1. The summed E-state index contributed by atoms with van der Waals surface area (Å²) in [5.41, 5.74) is 1.55. The molecular formula is C22H23F3N2O3. The van der Waals surface area contributed by atoms with Crippen LogP contribution in [0.3, 0.4) is 0 Å². The minimum atomic E-state index is -4.42. The highest BCUT2D eigenvalue weighted by Crippen LogP contribution is 2.36. The van der Waals surface area contributed by atoms with E-state index < -0.39 is 17.7 Å². The van der Waals surface area contributed by atoms with Crippen molar-refractivity contribution in [2.45, 2.75) is 18.5 Å². The number of hydrogen-bond donors (Lipinski definition) is 2. The molecule has 30 heavy (non-hydrogen) atoms. The molecule has 160 valence electrons. The molecule has 0 saturated heterocycles. The number of nitrogens with one attached hydrogen (secondary N) is 2. The van der Waals surface area contributed by atoms with E-state index in [1.54, 1.807) is 13.3 Å². The van der Waals surface area contributed by atoms with Crippen molar-refractivity contribution in [3.63, 3.8) is 0 Å². The predicted octanol–water partition coefficient (Wildman–Crippen LogP) is 4.48. The van der Waals surface area contributed by atoms with Crippen LogP contribution in [-0.2, 0) is 15.7 Å². The molecule has 0 aliphatic carbocycles. The van der Waals surface area contributed by atoms with Gasteiger partial charge in [-0.1, -0.05) is 12.1 Å². The number of methoxy groups -OCH3 is 2. The molecule has 8 heteroatoms. The average Bonchev–Trinajstić information content (AvgIpc) is 3.14. The Hall–Kier alpha value is -3.00. The quantitative estimate of drug-likeness (QED) is 0.528. The van der Waals surface area contributed by atoms with E-state index in [1.165, 1.54) is 19.2 Å². The molecular weight excluding hydrogens is 397 g/mol. The second-order valence-electron chi connectivity index (χ2n) is 6.87. The third-order valence-electron chi connectivity index (χ3n) is 4.95. The van der Waals surface area contributed by atoms with Crippen LogP contribution < -0.4 is 10.1 Å². The van der Waals surface area contributed by atoms with Crippen molar-refractivity contribution in [3.05, 3.63) is 65.4 Å². The van der Waals surface area contributed by atoms with Gasteiger partial charge in [0.15, 0.2) is 0 Å². The molecule has 1 atom stereocenters. The van der Waals surface area contributed by atoms with Crippen molar-refractivity contribution in [3.8, 4) is 5.75 Å². The Labute approximate surface area is 172 Å². The minimum Gasteiger partial charge on any atom is -0.497 e. The van der Waals surface area contributed by atoms with Crippen LogP contribution in [0, 0.1) is 0 Å². The third kappa shape index (κ3) is 4.94. The molecule has 3 aromatic rings. The summed E-state index contributed by atoms with van der Waals surface area (Å²) in [5, 5.41) is 3.62. The Kier molecular flexibility index (Phi) is 6.66. The van der Waals surface area contributed by atoms with Crippen LogP contribution in [0.5, 0.6) is 5.75 Å². The van der Waals surface area contributed by atoms with E-state index in [0.717, 1.165) is 28.6 Å². The van der Waals surface area contributed by atoms with Gasteiger partial charge in [-0.3, -0.25) is 4.79 Å². The highest BCUT2D eigenvalue weighted by Gasteiger charge is 2.31. The third-order valence-corrected chi connectivity index (χ3v) is 4.95. The maximum absolute atomic E-state index is 13.0. The van der Waals surface area contributed by atoms with Gasteiger partial charge in [-0.05, 0) is 41.5 Å². The lowest BCUT2D eigenvalue weighted by molar-refractivity contribution is -0.137. The van der Waals surface area contributed by atoms with Gasteiger partial charge in [0.2, 0.25) is 5.91 Å². The van der Waals surface area contributed by atoms with Crippen molar-refractivity contribution in [1.29, 1.82) is 0 Å². The van der Waals surface area contributed by atoms with Gasteiger partial charge in [0, 0.05) is 43.1 Å². The first-order valence-electron chi connectivity index (χ1n) is 9.41. The average molecular weight is 420 g/mol. The van der Waals surface area contributed by atoms with Crippen LogP contribution in [0.25, 0.3) is 10.9 Å². The van der Waals surface area contributed by atoms with Crippen LogP contribution in [-0.4, -0.2) is 38.3 Å². The number of aromatic nitrogens is 1. The summed E-state index contributed by atoms with van der Waals surface area (Å²) >= 11 is 0. The molecule has 0 bridgehead atoms. The van der Waals surface area contributed by atoms with Crippen molar-refractivity contribution >= 4 is 16.8 Å². The Morgan fingerprint density at radius 2 is 1.87 bits per heavy atom. The van der Waals surface area contributed by atoms with Crippen LogP contribution in [0.2, 0.25) is 0 Å². The Morgan fingerprint density at radius 3 is 2.50 bits per heavy atom. The number of aromatic amines is 1. The predicted molar refractivity (Wildman–Crippen MR) is 108 cm³/mol. The van der Waals surface area contributed by atoms with Gasteiger partial charge in [0.25, 0.3) is 0 Å². The van der Waals surface area contributed by atoms with Crippen LogP contribution in [0.15, 0.2) is 48.7 Å². The maximum atomic E-state index is 13.0. The molecule has 0 saturated carbocycles. The number of halogens is 3. The van der Waals surface area contributed by atoms with Crippen molar-refractivity contribution in [2.75, 3.05) is 27.4 Å². The number of carbonyl (C=O) groups excluding carboxylic acids is 1. The molecule has 2 aromatic carbocycles. The van der Waals surface area contributed by atoms with Gasteiger partial charge in [-0.2, -0.15) is 13.2 Å². The molecule has 0 fully saturated rings.